The van der Waals surface area contributed by atoms with Gasteiger partial charge < -0.3 is 29.7 Å². The summed E-state index contributed by atoms with van der Waals surface area (Å²) in [6.45, 7) is 2.03. The van der Waals surface area contributed by atoms with Gasteiger partial charge in [0.15, 0.2) is 6.29 Å². The molecule has 0 aromatic heterocycles. The Morgan fingerprint density at radius 3 is 2.36 bits per heavy atom. The molecule has 0 bridgehead atoms. The standard InChI is InChI=1S/C34H29NO8S/c1-19-29(18-44-26-12-10-25(37)11-13-26)41-34(42-30(19)21-7-5-20(17-36)6-8-21)23-3-2-4-24(15-23)35-31(38)22-9-14-27-28(16-22)33(40)43-32(27)39/h2-16,19,29-30,34,36-37H,17-18H2,1H3,(H,35,38). The minimum atomic E-state index is -0.777. The lowest BCUT2D eigenvalue weighted by atomic mass is 9.91. The van der Waals surface area contributed by atoms with Gasteiger partial charge in [-0.15, -0.1) is 11.8 Å². The highest BCUT2D eigenvalue weighted by Crippen LogP contribution is 2.43. The molecule has 2 aliphatic rings. The Morgan fingerprint density at radius 2 is 1.61 bits per heavy atom. The van der Waals surface area contributed by atoms with Gasteiger partial charge in [0.2, 0.25) is 0 Å². The van der Waals surface area contributed by atoms with Gasteiger partial charge in [-0.2, -0.15) is 0 Å². The van der Waals surface area contributed by atoms with Crippen molar-refractivity contribution < 1.29 is 38.8 Å². The van der Waals surface area contributed by atoms with Crippen LogP contribution in [-0.4, -0.2) is 39.9 Å². The van der Waals surface area contributed by atoms with Crippen molar-refractivity contribution in [3.63, 3.8) is 0 Å². The highest BCUT2D eigenvalue weighted by Gasteiger charge is 2.38. The topological polar surface area (TPSA) is 131 Å². The third-order valence-electron chi connectivity index (χ3n) is 7.70. The third-order valence-corrected chi connectivity index (χ3v) is 8.80. The summed E-state index contributed by atoms with van der Waals surface area (Å²) >= 11 is 1.62. The first-order valence-corrected chi connectivity index (χ1v) is 15.0. The molecule has 0 saturated carbocycles. The maximum atomic E-state index is 13.1. The number of ether oxygens (including phenoxy) is 3. The lowest BCUT2D eigenvalue weighted by molar-refractivity contribution is -0.268. The summed E-state index contributed by atoms with van der Waals surface area (Å²) in [5.41, 5.74) is 3.36. The van der Waals surface area contributed by atoms with Crippen molar-refractivity contribution in [3.8, 4) is 5.75 Å². The van der Waals surface area contributed by atoms with Crippen molar-refractivity contribution in [2.75, 3.05) is 11.1 Å². The maximum Gasteiger partial charge on any atom is 0.346 e. The molecule has 9 nitrogen and oxygen atoms in total. The van der Waals surface area contributed by atoms with E-state index >= 15 is 0 Å². The van der Waals surface area contributed by atoms with Gasteiger partial charge in [-0.3, -0.25) is 4.79 Å². The molecule has 2 aliphatic heterocycles. The third kappa shape index (κ3) is 6.24. The van der Waals surface area contributed by atoms with Crippen molar-refractivity contribution in [3.05, 3.63) is 124 Å². The maximum absolute atomic E-state index is 13.1. The van der Waals surface area contributed by atoms with E-state index in [2.05, 4.69) is 17.0 Å². The number of aliphatic hydroxyl groups excluding tert-OH is 1. The first kappa shape index (κ1) is 29.6. The summed E-state index contributed by atoms with van der Waals surface area (Å²) in [5.74, 6) is -1.14. The van der Waals surface area contributed by atoms with Crippen LogP contribution in [0.1, 0.15) is 67.1 Å². The van der Waals surface area contributed by atoms with Crippen LogP contribution in [0.4, 0.5) is 5.69 Å². The number of nitrogens with one attached hydrogen (secondary N) is 1. The second kappa shape index (κ2) is 12.6. The number of hydrogen-bond donors (Lipinski definition) is 3. The van der Waals surface area contributed by atoms with Crippen LogP contribution in [0.15, 0.2) is 95.9 Å². The van der Waals surface area contributed by atoms with Crippen LogP contribution >= 0.6 is 11.8 Å². The summed E-state index contributed by atoms with van der Waals surface area (Å²) in [4.78, 5) is 37.8. The smallest absolute Gasteiger partial charge is 0.346 e. The molecule has 6 rings (SSSR count). The minimum absolute atomic E-state index is 0.0166. The number of esters is 2. The van der Waals surface area contributed by atoms with Crippen LogP contribution in [0.5, 0.6) is 5.75 Å². The van der Waals surface area contributed by atoms with Crippen LogP contribution in [0.2, 0.25) is 0 Å². The molecule has 4 aromatic carbocycles. The molecule has 44 heavy (non-hydrogen) atoms. The van der Waals surface area contributed by atoms with Gasteiger partial charge in [-0.1, -0.05) is 43.3 Å². The van der Waals surface area contributed by atoms with Crippen LogP contribution in [-0.2, 0) is 20.8 Å². The van der Waals surface area contributed by atoms with E-state index in [1.54, 1.807) is 42.1 Å². The van der Waals surface area contributed by atoms with Crippen molar-refractivity contribution in [1.82, 2.24) is 0 Å². The number of phenolic OH excluding ortho intramolecular Hbond substituents is 1. The molecule has 3 N–H and O–H groups in total. The summed E-state index contributed by atoms with van der Waals surface area (Å²) in [6.07, 6.45) is -1.25. The van der Waals surface area contributed by atoms with Crippen LogP contribution in [0.25, 0.3) is 0 Å². The summed E-state index contributed by atoms with van der Waals surface area (Å²) in [5, 5.41) is 22.0. The Hall–Kier alpha value is -4.48. The zero-order valence-corrected chi connectivity index (χ0v) is 24.5. The van der Waals surface area contributed by atoms with Crippen LogP contribution < -0.4 is 5.32 Å². The molecule has 1 saturated heterocycles. The highest BCUT2D eigenvalue weighted by molar-refractivity contribution is 7.99. The molecular formula is C34H29NO8S. The van der Waals surface area contributed by atoms with E-state index in [0.29, 0.717) is 17.0 Å². The van der Waals surface area contributed by atoms with Crippen molar-refractivity contribution in [1.29, 1.82) is 0 Å². The Kier molecular flexibility index (Phi) is 8.49. The van der Waals surface area contributed by atoms with Gasteiger partial charge in [0.25, 0.3) is 5.91 Å². The number of fused-ring (bicyclic) bond motifs is 1. The van der Waals surface area contributed by atoms with E-state index < -0.39 is 24.1 Å². The molecule has 224 valence electrons. The number of hydrogen-bond acceptors (Lipinski definition) is 9. The van der Waals surface area contributed by atoms with Gasteiger partial charge >= 0.3 is 11.9 Å². The quantitative estimate of drug-likeness (QED) is 0.124. The molecule has 0 spiro atoms. The van der Waals surface area contributed by atoms with Crippen LogP contribution in [0, 0.1) is 5.92 Å². The highest BCUT2D eigenvalue weighted by atomic mass is 32.2. The Morgan fingerprint density at radius 1 is 0.864 bits per heavy atom. The summed E-state index contributed by atoms with van der Waals surface area (Å²) in [7, 11) is 0. The molecule has 0 aliphatic carbocycles. The number of cyclic esters (lactones) is 2. The van der Waals surface area contributed by atoms with Gasteiger partial charge in [0, 0.05) is 33.4 Å². The second-order valence-electron chi connectivity index (χ2n) is 10.6. The molecule has 4 unspecified atom stereocenters. The average molecular weight is 612 g/mol. The van der Waals surface area contributed by atoms with Gasteiger partial charge in [0.05, 0.1) is 29.9 Å². The number of rotatable bonds is 8. The van der Waals surface area contributed by atoms with E-state index in [0.717, 1.165) is 16.0 Å². The monoisotopic (exact) mass is 611 g/mol. The molecular weight excluding hydrogens is 582 g/mol. The number of aromatic hydroxyl groups is 1. The second-order valence-corrected chi connectivity index (χ2v) is 11.7. The largest absolute Gasteiger partial charge is 0.508 e. The van der Waals surface area contributed by atoms with Gasteiger partial charge in [0.1, 0.15) is 5.75 Å². The van der Waals surface area contributed by atoms with Crippen molar-refractivity contribution >= 4 is 35.3 Å². The number of benzene rings is 4. The number of aliphatic hydroxyl groups is 1. The van der Waals surface area contributed by atoms with Gasteiger partial charge in [-0.25, -0.2) is 9.59 Å². The minimum Gasteiger partial charge on any atom is -0.508 e. The van der Waals surface area contributed by atoms with E-state index in [-0.39, 0.29) is 47.2 Å². The number of carbonyl (C=O) groups is 3. The fraction of sp³-hybridized carbons (Fsp3) is 0.206. The lowest BCUT2D eigenvalue weighted by Crippen LogP contribution is -2.38. The predicted molar refractivity (Wildman–Crippen MR) is 162 cm³/mol. The fourth-order valence-corrected chi connectivity index (χ4v) is 6.29. The number of thioether (sulfide) groups is 1. The molecule has 4 atom stereocenters. The Labute approximate surface area is 257 Å². The molecule has 0 radical (unpaired) electrons. The summed E-state index contributed by atoms with van der Waals surface area (Å²) in [6, 6.07) is 26.1. The zero-order chi connectivity index (χ0) is 30.8. The van der Waals surface area contributed by atoms with Gasteiger partial charge in [-0.05, 0) is 65.7 Å². The average Bonchev–Trinajstić information content (AvgIpc) is 3.33. The molecule has 1 fully saturated rings. The van der Waals surface area contributed by atoms with Crippen molar-refractivity contribution in [2.24, 2.45) is 5.92 Å². The molecule has 2 heterocycles. The van der Waals surface area contributed by atoms with Crippen LogP contribution in [0.3, 0.4) is 0 Å². The molecule has 4 aromatic rings. The van der Waals surface area contributed by atoms with E-state index in [9.17, 15) is 24.6 Å². The Balaban J connectivity index is 1.23. The van der Waals surface area contributed by atoms with Crippen molar-refractivity contribution in [2.45, 2.75) is 36.9 Å². The fourth-order valence-electron chi connectivity index (χ4n) is 5.22. The normalized spacial score (nSPS) is 21.0. The van der Waals surface area contributed by atoms with E-state index in [1.165, 1.54) is 18.2 Å². The molecule has 1 amide bonds. The van der Waals surface area contributed by atoms with E-state index in [1.807, 2.05) is 42.5 Å². The Bertz CT molecular complexity index is 1710. The zero-order valence-electron chi connectivity index (χ0n) is 23.6. The summed E-state index contributed by atoms with van der Waals surface area (Å²) < 4.78 is 17.7. The number of phenols is 1. The molecule has 10 heteroatoms. The predicted octanol–water partition coefficient (Wildman–Crippen LogP) is 6.03. The lowest BCUT2D eigenvalue weighted by Gasteiger charge is -2.41. The number of carbonyl (C=O) groups excluding carboxylic acids is 3. The first-order valence-electron chi connectivity index (χ1n) is 14.0. The van der Waals surface area contributed by atoms with E-state index in [4.69, 9.17) is 9.47 Å². The first-order chi connectivity index (χ1) is 21.3. The number of amides is 1. The SMILES string of the molecule is CC1C(CSc2ccc(O)cc2)OC(c2cccc(NC(=O)c3ccc4c(c3)C(=O)OC4=O)c2)OC1c1ccc(CO)cc1. The number of anilines is 1.